The molecule has 3 aromatic rings. The van der Waals surface area contributed by atoms with Crippen LogP contribution in [0.3, 0.4) is 0 Å². The second kappa shape index (κ2) is 10.4. The zero-order valence-corrected chi connectivity index (χ0v) is 17.7. The van der Waals surface area contributed by atoms with Crippen LogP contribution in [0.2, 0.25) is 0 Å². The highest BCUT2D eigenvalue weighted by Gasteiger charge is 2.22. The highest BCUT2D eigenvalue weighted by Crippen LogP contribution is 2.28. The Morgan fingerprint density at radius 3 is 2.68 bits per heavy atom. The van der Waals surface area contributed by atoms with E-state index in [0.29, 0.717) is 29.2 Å². The van der Waals surface area contributed by atoms with Crippen LogP contribution in [-0.4, -0.2) is 60.3 Å². The second-order valence-electron chi connectivity index (χ2n) is 7.03. The minimum Gasteiger partial charge on any atom is -0.492 e. The fourth-order valence-corrected chi connectivity index (χ4v) is 3.40. The van der Waals surface area contributed by atoms with Gasteiger partial charge in [-0.1, -0.05) is 12.1 Å². The lowest BCUT2D eigenvalue weighted by Gasteiger charge is -2.26. The van der Waals surface area contributed by atoms with E-state index in [0.717, 1.165) is 32.8 Å². The van der Waals surface area contributed by atoms with Gasteiger partial charge < -0.3 is 15.2 Å². The minimum absolute atomic E-state index is 0. The number of nitrogens with zero attached hydrogens (tertiary/aromatic N) is 2. The summed E-state index contributed by atoms with van der Waals surface area (Å²) in [6.07, 6.45) is 0. The molecule has 9 heteroatoms. The molecule has 0 amide bonds. The molecule has 164 valence electrons. The first-order valence-corrected chi connectivity index (χ1v) is 9.79. The van der Waals surface area contributed by atoms with Crippen LogP contribution in [0.25, 0.3) is 11.3 Å². The summed E-state index contributed by atoms with van der Waals surface area (Å²) in [7, 11) is 0. The summed E-state index contributed by atoms with van der Waals surface area (Å²) in [4.78, 5) is 15.4. The Hall–Kier alpha value is -2.94. The summed E-state index contributed by atoms with van der Waals surface area (Å²) < 4.78 is 24.4. The van der Waals surface area contributed by atoms with Gasteiger partial charge in [-0.05, 0) is 36.4 Å². The zero-order valence-electron chi connectivity index (χ0n) is 16.8. The van der Waals surface area contributed by atoms with Gasteiger partial charge in [0.25, 0.3) is 0 Å². The number of benzene rings is 2. The summed E-state index contributed by atoms with van der Waals surface area (Å²) in [6.45, 7) is 4.60. The first-order valence-electron chi connectivity index (χ1n) is 9.79. The van der Waals surface area contributed by atoms with E-state index in [1.54, 1.807) is 30.3 Å². The number of carbonyl (C=O) groups is 1. The Morgan fingerprint density at radius 1 is 1.19 bits per heavy atom. The Labute approximate surface area is 185 Å². The third-order valence-electron chi connectivity index (χ3n) is 5.03. The predicted molar refractivity (Wildman–Crippen MR) is 118 cm³/mol. The van der Waals surface area contributed by atoms with E-state index < -0.39 is 0 Å². The molecule has 31 heavy (non-hydrogen) atoms. The van der Waals surface area contributed by atoms with Gasteiger partial charge in [0, 0.05) is 30.8 Å². The van der Waals surface area contributed by atoms with E-state index in [1.807, 2.05) is 6.07 Å². The first kappa shape index (κ1) is 22.7. The largest absolute Gasteiger partial charge is 0.492 e. The number of nitrogen functional groups attached to an aromatic ring is 1. The normalized spacial score (nSPS) is 14.1. The molecular weight excluding hydrogens is 423 g/mol. The fraction of sp³-hybridized carbons (Fsp3) is 0.273. The number of rotatable bonds is 7. The van der Waals surface area contributed by atoms with Gasteiger partial charge in [0.1, 0.15) is 18.2 Å². The van der Waals surface area contributed by atoms with Crippen LogP contribution in [0.1, 0.15) is 15.9 Å². The lowest BCUT2D eigenvalue weighted by Crippen LogP contribution is -2.38. The van der Waals surface area contributed by atoms with Gasteiger partial charge in [0.2, 0.25) is 0 Å². The van der Waals surface area contributed by atoms with Crippen molar-refractivity contribution in [2.45, 2.75) is 0 Å². The standard InChI is InChI=1S/C22H23FN4O3.ClH/c23-17-6-4-15(5-7-17)20-19(22(24)26-25-20)21(28)16-2-1-3-18(14-16)30-13-10-27-8-11-29-12-9-27;/h1-7,14H,8-13H2,(H3,24,25,26);1H. The molecule has 7 nitrogen and oxygen atoms in total. The topological polar surface area (TPSA) is 93.5 Å². The van der Waals surface area contributed by atoms with Crippen LogP contribution < -0.4 is 10.5 Å². The summed E-state index contributed by atoms with van der Waals surface area (Å²) in [5.41, 5.74) is 7.74. The predicted octanol–water partition coefficient (Wildman–Crippen LogP) is 3.16. The first-order chi connectivity index (χ1) is 14.6. The van der Waals surface area contributed by atoms with Crippen molar-refractivity contribution in [3.05, 3.63) is 65.5 Å². The summed E-state index contributed by atoms with van der Waals surface area (Å²) >= 11 is 0. The van der Waals surface area contributed by atoms with Crippen molar-refractivity contribution in [2.75, 3.05) is 45.2 Å². The molecule has 4 rings (SSSR count). The lowest BCUT2D eigenvalue weighted by atomic mass is 9.99. The number of halogens is 2. The second-order valence-corrected chi connectivity index (χ2v) is 7.03. The van der Waals surface area contributed by atoms with Gasteiger partial charge in [0.15, 0.2) is 11.6 Å². The number of morpholine rings is 1. The number of nitrogens with one attached hydrogen (secondary N) is 1. The number of H-pyrrole nitrogens is 1. The van der Waals surface area contributed by atoms with Crippen molar-refractivity contribution in [3.63, 3.8) is 0 Å². The van der Waals surface area contributed by atoms with Crippen LogP contribution in [0.15, 0.2) is 48.5 Å². The Bertz CT molecular complexity index is 1020. The minimum atomic E-state index is -0.360. The SMILES string of the molecule is Cl.Nc1n[nH]c(-c2ccc(F)cc2)c1C(=O)c1cccc(OCCN2CCOCC2)c1. The number of hydrogen-bond acceptors (Lipinski definition) is 6. The molecular formula is C22H24ClFN4O3. The third kappa shape index (κ3) is 5.41. The number of nitrogens with two attached hydrogens (primary N) is 1. The van der Waals surface area contributed by atoms with Crippen LogP contribution >= 0.6 is 12.4 Å². The molecule has 1 aliphatic rings. The lowest BCUT2D eigenvalue weighted by molar-refractivity contribution is 0.0322. The number of hydrogen-bond donors (Lipinski definition) is 2. The van der Waals surface area contributed by atoms with E-state index in [2.05, 4.69) is 15.1 Å². The highest BCUT2D eigenvalue weighted by molar-refractivity contribution is 6.15. The monoisotopic (exact) mass is 446 g/mol. The summed E-state index contributed by atoms with van der Waals surface area (Å²) in [6, 6.07) is 12.8. The summed E-state index contributed by atoms with van der Waals surface area (Å²) in [5.74, 6) is 0.0673. The molecule has 1 aliphatic heterocycles. The number of anilines is 1. The van der Waals surface area contributed by atoms with Crippen LogP contribution in [0, 0.1) is 5.82 Å². The number of ether oxygens (including phenoxy) is 2. The fourth-order valence-electron chi connectivity index (χ4n) is 3.40. The van der Waals surface area contributed by atoms with Crippen LogP contribution in [0.4, 0.5) is 10.2 Å². The smallest absolute Gasteiger partial charge is 0.199 e. The average Bonchev–Trinajstić information content (AvgIpc) is 3.16. The van der Waals surface area contributed by atoms with Gasteiger partial charge in [0.05, 0.1) is 24.5 Å². The van der Waals surface area contributed by atoms with Crippen molar-refractivity contribution in [3.8, 4) is 17.0 Å². The number of carbonyl (C=O) groups excluding carboxylic acids is 1. The average molecular weight is 447 g/mol. The van der Waals surface area contributed by atoms with Gasteiger partial charge in [-0.2, -0.15) is 5.10 Å². The van der Waals surface area contributed by atoms with Gasteiger partial charge in [-0.25, -0.2) is 4.39 Å². The molecule has 0 unspecified atom stereocenters. The van der Waals surface area contributed by atoms with E-state index >= 15 is 0 Å². The molecule has 0 atom stereocenters. The number of aromatic nitrogens is 2. The van der Waals surface area contributed by atoms with Crippen molar-refractivity contribution < 1.29 is 18.7 Å². The number of ketones is 1. The van der Waals surface area contributed by atoms with Gasteiger partial charge in [-0.15, -0.1) is 12.4 Å². The Kier molecular flexibility index (Phi) is 7.62. The highest BCUT2D eigenvalue weighted by atomic mass is 35.5. The Morgan fingerprint density at radius 2 is 1.94 bits per heavy atom. The van der Waals surface area contributed by atoms with Crippen molar-refractivity contribution in [1.82, 2.24) is 15.1 Å². The molecule has 0 radical (unpaired) electrons. The molecule has 1 saturated heterocycles. The van der Waals surface area contributed by atoms with E-state index in [-0.39, 0.29) is 35.4 Å². The molecule has 2 aromatic carbocycles. The molecule has 1 fully saturated rings. The van der Waals surface area contributed by atoms with E-state index in [4.69, 9.17) is 15.2 Å². The number of aromatic amines is 1. The quantitative estimate of drug-likeness (QED) is 0.541. The molecule has 1 aromatic heterocycles. The molecule has 0 bridgehead atoms. The maximum absolute atomic E-state index is 13.3. The molecule has 0 aliphatic carbocycles. The van der Waals surface area contributed by atoms with Crippen LogP contribution in [-0.2, 0) is 4.74 Å². The van der Waals surface area contributed by atoms with Crippen molar-refractivity contribution in [2.24, 2.45) is 0 Å². The van der Waals surface area contributed by atoms with Gasteiger partial charge >= 0.3 is 0 Å². The molecule has 2 heterocycles. The van der Waals surface area contributed by atoms with Crippen LogP contribution in [0.5, 0.6) is 5.75 Å². The molecule has 0 saturated carbocycles. The van der Waals surface area contributed by atoms with Crippen molar-refractivity contribution >= 4 is 24.0 Å². The maximum Gasteiger partial charge on any atom is 0.199 e. The molecule has 3 N–H and O–H groups in total. The molecule has 0 spiro atoms. The van der Waals surface area contributed by atoms with Gasteiger partial charge in [-0.3, -0.25) is 14.8 Å². The van der Waals surface area contributed by atoms with E-state index in [1.165, 1.54) is 12.1 Å². The van der Waals surface area contributed by atoms with Crippen molar-refractivity contribution in [1.29, 1.82) is 0 Å². The zero-order chi connectivity index (χ0) is 20.9. The third-order valence-corrected chi connectivity index (χ3v) is 5.03. The Balaban J connectivity index is 0.00000272. The summed E-state index contributed by atoms with van der Waals surface area (Å²) in [5, 5.41) is 6.76. The maximum atomic E-state index is 13.3. The van der Waals surface area contributed by atoms with E-state index in [9.17, 15) is 9.18 Å².